The molecule has 1 saturated carbocycles. The number of hydrogen-bond acceptors (Lipinski definition) is 5. The predicted molar refractivity (Wildman–Crippen MR) is 117 cm³/mol. The van der Waals surface area contributed by atoms with Crippen molar-refractivity contribution in [2.24, 2.45) is 4.99 Å². The minimum absolute atomic E-state index is 0. The summed E-state index contributed by atoms with van der Waals surface area (Å²) in [6.07, 6.45) is 10.5. The van der Waals surface area contributed by atoms with Crippen LogP contribution in [0.15, 0.2) is 59.4 Å². The fourth-order valence-corrected chi connectivity index (χ4v) is 3.72. The van der Waals surface area contributed by atoms with Gasteiger partial charge < -0.3 is 27.3 Å². The molecule has 1 aromatic heterocycles. The molecule has 0 spiro atoms. The molecule has 0 saturated heterocycles. The van der Waals surface area contributed by atoms with Crippen LogP contribution in [0, 0.1) is 19.0 Å². The smallest absolute Gasteiger partial charge is 0.566 e. The van der Waals surface area contributed by atoms with E-state index >= 15 is 0 Å². The molecule has 1 aliphatic carbocycles. The first-order chi connectivity index (χ1) is 14.6. The average molecular weight is 412 g/mol. The number of pyridine rings is 1. The summed E-state index contributed by atoms with van der Waals surface area (Å²) in [5.74, 6) is -0.290. The summed E-state index contributed by atoms with van der Waals surface area (Å²) in [6, 6.07) is 7.08. The van der Waals surface area contributed by atoms with Crippen LogP contribution in [-0.4, -0.2) is 41.0 Å². The summed E-state index contributed by atoms with van der Waals surface area (Å²) in [6.45, 7) is 11.6. The molecule has 0 unspecified atom stereocenters. The summed E-state index contributed by atoms with van der Waals surface area (Å²) in [7, 11) is 0. The van der Waals surface area contributed by atoms with Crippen LogP contribution in [-0.2, 0) is 6.54 Å². The molecule has 158 valence electrons. The van der Waals surface area contributed by atoms with Crippen LogP contribution in [0.5, 0.6) is 0 Å². The molecule has 1 aliphatic rings. The van der Waals surface area contributed by atoms with E-state index in [9.17, 15) is 9.50 Å². The first kappa shape index (κ1) is 25.2. The van der Waals surface area contributed by atoms with E-state index in [2.05, 4.69) is 26.8 Å². The van der Waals surface area contributed by atoms with Gasteiger partial charge in [-0.05, 0) is 37.9 Å². The molecule has 1 fully saturated rings. The quantitative estimate of drug-likeness (QED) is 0.237. The van der Waals surface area contributed by atoms with Crippen molar-refractivity contribution < 1.29 is 28.4 Å². The Kier molecular flexibility index (Phi) is 10.3. The van der Waals surface area contributed by atoms with Crippen LogP contribution in [0.2, 0.25) is 0 Å². The Labute approximate surface area is 195 Å². The molecule has 2 aromatic rings. The number of nitrogens with zero attached hydrogens (tertiary/aromatic N) is 2. The van der Waals surface area contributed by atoms with Gasteiger partial charge in [0, 0.05) is 41.8 Å². The van der Waals surface area contributed by atoms with Gasteiger partial charge in [-0.1, -0.05) is 12.3 Å². The summed E-state index contributed by atoms with van der Waals surface area (Å²) in [4.78, 5) is 7.96. The van der Waals surface area contributed by atoms with Crippen LogP contribution in [0.1, 0.15) is 24.8 Å². The molecule has 0 bridgehead atoms. The Hall–Kier alpha value is -2.07. The first-order valence-corrected chi connectivity index (χ1v) is 10.0. The van der Waals surface area contributed by atoms with Crippen molar-refractivity contribution in [2.45, 2.75) is 44.0 Å². The fraction of sp³-hybridized carbons (Fsp3) is 0.333. The molecule has 31 heavy (non-hydrogen) atoms. The van der Waals surface area contributed by atoms with E-state index in [-0.39, 0.29) is 36.8 Å². The zero-order chi connectivity index (χ0) is 21.3. The summed E-state index contributed by atoms with van der Waals surface area (Å²) < 4.78 is 14.4. The molecule has 3 rings (SSSR count). The molecule has 7 heteroatoms. The molecule has 3 N–H and O–H groups in total. The Balaban J connectivity index is 0.00000341. The van der Waals surface area contributed by atoms with Gasteiger partial charge >= 0.3 is 18.9 Å². The summed E-state index contributed by atoms with van der Waals surface area (Å²) in [5, 5.41) is 18.2. The molecule has 3 atom stereocenters. The second-order valence-electron chi connectivity index (χ2n) is 7.36. The SMILES string of the molecule is [CH-]=C/C=C(\[C-]=NC=[CH-])CN[C@H]1CC[C@H](NCc2cc3cccnc3cc2F)[C@H](O)C1.[Li+]. The van der Waals surface area contributed by atoms with Crippen LogP contribution in [0.4, 0.5) is 4.39 Å². The summed E-state index contributed by atoms with van der Waals surface area (Å²) in [5.41, 5.74) is 1.98. The zero-order valence-corrected chi connectivity index (χ0v) is 17.8. The van der Waals surface area contributed by atoms with Gasteiger partial charge in [0.1, 0.15) is 5.82 Å². The van der Waals surface area contributed by atoms with E-state index in [1.165, 1.54) is 18.3 Å². The number of allylic oxidation sites excluding steroid dienone is 2. The molecule has 0 radical (unpaired) electrons. The van der Waals surface area contributed by atoms with Crippen molar-refractivity contribution in [1.82, 2.24) is 15.6 Å². The number of aliphatic hydroxyl groups is 1. The Morgan fingerprint density at radius 2 is 2.16 bits per heavy atom. The largest absolute Gasteiger partial charge is 1.00 e. The Bertz CT molecular complexity index is 946. The van der Waals surface area contributed by atoms with E-state index in [0.29, 0.717) is 30.6 Å². The minimum atomic E-state index is -0.523. The number of aromatic nitrogens is 1. The first-order valence-electron chi connectivity index (χ1n) is 10.0. The number of rotatable bonds is 9. The van der Waals surface area contributed by atoms with Crippen molar-refractivity contribution in [3.63, 3.8) is 0 Å². The third kappa shape index (κ3) is 7.24. The van der Waals surface area contributed by atoms with E-state index in [0.717, 1.165) is 23.8 Å². The van der Waals surface area contributed by atoms with Crippen molar-refractivity contribution >= 4 is 17.1 Å². The van der Waals surface area contributed by atoms with Crippen molar-refractivity contribution in [1.29, 1.82) is 0 Å². The number of halogens is 1. The third-order valence-corrected chi connectivity index (χ3v) is 5.30. The van der Waals surface area contributed by atoms with Gasteiger partial charge in [0.2, 0.25) is 0 Å². The second kappa shape index (κ2) is 12.7. The number of hydrogen-bond donors (Lipinski definition) is 3. The van der Waals surface area contributed by atoms with Gasteiger partial charge in [-0.25, -0.2) is 10.5 Å². The number of nitrogens with one attached hydrogen (secondary N) is 2. The Morgan fingerprint density at radius 3 is 2.90 bits per heavy atom. The number of aliphatic hydroxyl groups excluding tert-OH is 1. The van der Waals surface area contributed by atoms with E-state index in [1.54, 1.807) is 12.3 Å². The standard InChI is InChI=1S/C24H26FN4O.Li/c1-3-6-17(14-26-4-2)15-28-20-8-9-22(24(30)12-20)29-16-19-11-18-7-5-10-27-23(18)13-21(19)25;/h1-7,10-11,13,20,22,24,28-30H,8-9,12,15-16H2;/q-3;+1/b17-6+;/t20-,22-,24+;/m0./s1. The van der Waals surface area contributed by atoms with E-state index < -0.39 is 6.10 Å². The predicted octanol–water partition coefficient (Wildman–Crippen LogP) is 0.149. The van der Waals surface area contributed by atoms with Gasteiger partial charge in [0.25, 0.3) is 0 Å². The van der Waals surface area contributed by atoms with Gasteiger partial charge in [0.05, 0.1) is 11.6 Å². The van der Waals surface area contributed by atoms with Crippen molar-refractivity contribution in [3.05, 3.63) is 78.9 Å². The summed E-state index contributed by atoms with van der Waals surface area (Å²) >= 11 is 0. The molecular formula is C24H26FLiN4O-2. The van der Waals surface area contributed by atoms with Gasteiger partial charge in [-0.15, -0.1) is 5.57 Å². The number of fused-ring (bicyclic) bond motifs is 1. The maximum Gasteiger partial charge on any atom is 1.00 e. The fourth-order valence-electron chi connectivity index (χ4n) is 3.72. The number of aliphatic imine (C=N–C) groups is 1. The van der Waals surface area contributed by atoms with E-state index in [1.807, 2.05) is 18.2 Å². The van der Waals surface area contributed by atoms with Crippen molar-refractivity contribution in [2.75, 3.05) is 6.54 Å². The topological polar surface area (TPSA) is 69.5 Å². The number of benzene rings is 1. The van der Waals surface area contributed by atoms with Gasteiger partial charge in [-0.2, -0.15) is 6.08 Å². The monoisotopic (exact) mass is 412 g/mol. The van der Waals surface area contributed by atoms with Gasteiger partial charge in [0.15, 0.2) is 0 Å². The molecule has 1 aromatic carbocycles. The second-order valence-corrected chi connectivity index (χ2v) is 7.36. The molecule has 1 heterocycles. The Morgan fingerprint density at radius 1 is 1.32 bits per heavy atom. The maximum atomic E-state index is 14.4. The minimum Gasteiger partial charge on any atom is -0.566 e. The molecule has 0 amide bonds. The maximum absolute atomic E-state index is 14.4. The van der Waals surface area contributed by atoms with Crippen LogP contribution >= 0.6 is 0 Å². The van der Waals surface area contributed by atoms with Crippen molar-refractivity contribution in [3.8, 4) is 0 Å². The van der Waals surface area contributed by atoms with Crippen LogP contribution < -0.4 is 29.5 Å². The van der Waals surface area contributed by atoms with Gasteiger partial charge in [-0.3, -0.25) is 17.8 Å². The molecule has 0 aliphatic heterocycles. The normalized spacial score (nSPS) is 21.7. The zero-order valence-electron chi connectivity index (χ0n) is 17.8. The van der Waals surface area contributed by atoms with Crippen LogP contribution in [0.3, 0.4) is 0 Å². The average Bonchev–Trinajstić information content (AvgIpc) is 2.75. The van der Waals surface area contributed by atoms with Crippen LogP contribution in [0.25, 0.3) is 10.9 Å². The third-order valence-electron chi connectivity index (χ3n) is 5.30. The molecule has 5 nitrogen and oxygen atoms in total. The molecular weight excluding hydrogens is 386 g/mol. The van der Waals surface area contributed by atoms with E-state index in [4.69, 9.17) is 13.2 Å².